The highest BCUT2D eigenvalue weighted by molar-refractivity contribution is 7.92. The van der Waals surface area contributed by atoms with Gasteiger partial charge >= 0.3 is 6.09 Å². The van der Waals surface area contributed by atoms with Crippen molar-refractivity contribution in [2.45, 2.75) is 17.9 Å². The number of carbonyl (C=O) groups is 2. The predicted octanol–water partition coefficient (Wildman–Crippen LogP) is 1.67. The maximum Gasteiger partial charge on any atom is 0.414 e. The van der Waals surface area contributed by atoms with Crippen molar-refractivity contribution in [1.29, 1.82) is 0 Å². The molecule has 2 aromatic carbocycles. The number of nitrogens with two attached hydrogens (primary N) is 1. The average Bonchev–Trinajstić information content (AvgIpc) is 3.02. The summed E-state index contributed by atoms with van der Waals surface area (Å²) in [6, 6.07) is 9.22. The maximum atomic E-state index is 14.5. The van der Waals surface area contributed by atoms with Gasteiger partial charge in [0, 0.05) is 12.6 Å². The van der Waals surface area contributed by atoms with Crippen LogP contribution in [-0.2, 0) is 19.6 Å². The monoisotopic (exact) mass is 422 g/mol. The third-order valence-corrected chi connectivity index (χ3v) is 5.49. The van der Waals surface area contributed by atoms with Crippen LogP contribution in [0.5, 0.6) is 0 Å². The van der Waals surface area contributed by atoms with Crippen molar-refractivity contribution in [3.63, 3.8) is 0 Å². The third-order valence-electron chi connectivity index (χ3n) is 4.13. The number of carbonyl (C=O) groups excluding carboxylic acids is 2. The van der Waals surface area contributed by atoms with Crippen molar-refractivity contribution in [2.24, 2.45) is 0 Å². The van der Waals surface area contributed by atoms with Gasteiger partial charge in [0.25, 0.3) is 10.0 Å². The summed E-state index contributed by atoms with van der Waals surface area (Å²) >= 11 is 0. The molecule has 0 aromatic heterocycles. The second-order valence-corrected chi connectivity index (χ2v) is 8.08. The molecule has 1 heterocycles. The summed E-state index contributed by atoms with van der Waals surface area (Å²) in [5.74, 6) is -1.13. The van der Waals surface area contributed by atoms with Gasteiger partial charge in [-0.05, 0) is 36.4 Å². The van der Waals surface area contributed by atoms with Gasteiger partial charge in [0.15, 0.2) is 0 Å². The number of sulfonamides is 1. The molecule has 0 bridgehead atoms. The van der Waals surface area contributed by atoms with Crippen LogP contribution in [-0.4, -0.2) is 39.6 Å². The van der Waals surface area contributed by atoms with Crippen LogP contribution in [0.15, 0.2) is 47.4 Å². The minimum absolute atomic E-state index is 0.107. The van der Waals surface area contributed by atoms with E-state index in [9.17, 15) is 22.4 Å². The highest BCUT2D eigenvalue weighted by atomic mass is 32.2. The second kappa shape index (κ2) is 7.95. The predicted molar refractivity (Wildman–Crippen MR) is 104 cm³/mol. The zero-order chi connectivity index (χ0) is 21.2. The first-order valence-corrected chi connectivity index (χ1v) is 10.0. The zero-order valence-corrected chi connectivity index (χ0v) is 16.2. The highest BCUT2D eigenvalue weighted by Gasteiger charge is 2.32. The second-order valence-electron chi connectivity index (χ2n) is 6.40. The van der Waals surface area contributed by atoms with E-state index < -0.39 is 28.0 Å². The number of nitrogens with zero attached hydrogens (tertiary/aromatic N) is 1. The number of anilines is 3. The van der Waals surface area contributed by atoms with Crippen LogP contribution in [0.4, 0.5) is 26.2 Å². The number of hydrogen-bond acceptors (Lipinski definition) is 6. The Balaban J connectivity index is 1.75. The summed E-state index contributed by atoms with van der Waals surface area (Å²) in [7, 11) is -4.04. The largest absolute Gasteiger partial charge is 0.442 e. The van der Waals surface area contributed by atoms with Gasteiger partial charge in [-0.1, -0.05) is 6.07 Å². The molecule has 1 aliphatic heterocycles. The molecule has 2 amide bonds. The van der Waals surface area contributed by atoms with Crippen molar-refractivity contribution < 1.29 is 27.1 Å². The first-order chi connectivity index (χ1) is 13.7. The summed E-state index contributed by atoms with van der Waals surface area (Å²) in [5, 5.41) is 2.54. The number of rotatable bonds is 6. The standard InChI is InChI=1S/C18H19FN4O5S/c1-11(24)21-9-14-10-23(18(25)28-14)13-5-6-17(16(19)8-13)22-29(26,27)15-4-2-3-12(20)7-15/h2-8,14,22H,9-10,20H2,1H3,(H,21,24)/t14-/m0/s1. The molecule has 3 rings (SSSR count). The molecule has 9 nitrogen and oxygen atoms in total. The molecule has 1 atom stereocenters. The number of ether oxygens (including phenoxy) is 1. The summed E-state index contributed by atoms with van der Waals surface area (Å²) in [6.45, 7) is 1.60. The van der Waals surface area contributed by atoms with Gasteiger partial charge in [0.05, 0.1) is 29.4 Å². The molecule has 0 saturated carbocycles. The van der Waals surface area contributed by atoms with Crippen LogP contribution in [0.3, 0.4) is 0 Å². The lowest BCUT2D eigenvalue weighted by Gasteiger charge is -2.15. The van der Waals surface area contributed by atoms with Gasteiger partial charge in [-0.2, -0.15) is 0 Å². The topological polar surface area (TPSA) is 131 Å². The summed E-state index contributed by atoms with van der Waals surface area (Å²) < 4.78 is 46.6. The molecule has 1 aliphatic rings. The highest BCUT2D eigenvalue weighted by Crippen LogP contribution is 2.27. The average molecular weight is 422 g/mol. The third kappa shape index (κ3) is 4.74. The Morgan fingerprint density at radius 1 is 1.31 bits per heavy atom. The van der Waals surface area contributed by atoms with Crippen LogP contribution in [0.1, 0.15) is 6.92 Å². The fraction of sp³-hybridized carbons (Fsp3) is 0.222. The molecule has 0 radical (unpaired) electrons. The Morgan fingerprint density at radius 2 is 2.07 bits per heavy atom. The Morgan fingerprint density at radius 3 is 2.72 bits per heavy atom. The van der Waals surface area contributed by atoms with E-state index in [1.807, 2.05) is 0 Å². The summed E-state index contributed by atoms with van der Waals surface area (Å²) in [4.78, 5) is 24.1. The lowest BCUT2D eigenvalue weighted by Crippen LogP contribution is -2.33. The number of hydrogen-bond donors (Lipinski definition) is 3. The maximum absolute atomic E-state index is 14.5. The van der Waals surface area contributed by atoms with Crippen LogP contribution in [0.25, 0.3) is 0 Å². The Labute approximate surface area is 166 Å². The van der Waals surface area contributed by atoms with Crippen molar-refractivity contribution >= 4 is 39.1 Å². The van der Waals surface area contributed by atoms with Gasteiger partial charge in [0.1, 0.15) is 11.9 Å². The molecule has 154 valence electrons. The number of benzene rings is 2. The van der Waals surface area contributed by atoms with Crippen LogP contribution in [0, 0.1) is 5.82 Å². The molecular weight excluding hydrogens is 403 g/mol. The number of halogens is 1. The van der Waals surface area contributed by atoms with E-state index in [4.69, 9.17) is 10.5 Å². The van der Waals surface area contributed by atoms with E-state index in [0.717, 1.165) is 6.07 Å². The van der Waals surface area contributed by atoms with Crippen molar-refractivity contribution in [2.75, 3.05) is 28.4 Å². The Kier molecular flexibility index (Phi) is 5.59. The molecule has 11 heteroatoms. The molecule has 0 aliphatic carbocycles. The van der Waals surface area contributed by atoms with E-state index in [-0.39, 0.29) is 41.0 Å². The number of nitrogen functional groups attached to an aromatic ring is 1. The Bertz CT molecular complexity index is 1060. The van der Waals surface area contributed by atoms with Crippen LogP contribution < -0.4 is 20.7 Å². The minimum atomic E-state index is -4.04. The van der Waals surface area contributed by atoms with Crippen molar-refractivity contribution in [3.8, 4) is 0 Å². The van der Waals surface area contributed by atoms with E-state index in [1.165, 1.54) is 48.2 Å². The van der Waals surface area contributed by atoms with E-state index in [1.54, 1.807) is 0 Å². The van der Waals surface area contributed by atoms with E-state index in [0.29, 0.717) is 0 Å². The smallest absolute Gasteiger partial charge is 0.414 e. The Hall–Kier alpha value is -3.34. The van der Waals surface area contributed by atoms with Crippen molar-refractivity contribution in [3.05, 3.63) is 48.3 Å². The van der Waals surface area contributed by atoms with Gasteiger partial charge in [-0.3, -0.25) is 14.4 Å². The molecule has 1 fully saturated rings. The molecule has 29 heavy (non-hydrogen) atoms. The lowest BCUT2D eigenvalue weighted by molar-refractivity contribution is -0.119. The summed E-state index contributed by atoms with van der Waals surface area (Å²) in [6.07, 6.45) is -1.26. The van der Waals surface area contributed by atoms with E-state index >= 15 is 0 Å². The normalized spacial score (nSPS) is 16.4. The lowest BCUT2D eigenvalue weighted by atomic mass is 10.2. The number of nitrogens with one attached hydrogen (secondary N) is 2. The quantitative estimate of drug-likeness (QED) is 0.607. The van der Waals surface area contributed by atoms with Crippen molar-refractivity contribution in [1.82, 2.24) is 5.32 Å². The van der Waals surface area contributed by atoms with Gasteiger partial charge < -0.3 is 15.8 Å². The van der Waals surface area contributed by atoms with Gasteiger partial charge in [0.2, 0.25) is 5.91 Å². The molecule has 0 unspecified atom stereocenters. The van der Waals surface area contributed by atoms with E-state index in [2.05, 4.69) is 10.0 Å². The molecule has 0 spiro atoms. The molecule has 4 N–H and O–H groups in total. The first kappa shape index (κ1) is 20.4. The number of amides is 2. The minimum Gasteiger partial charge on any atom is -0.442 e. The van der Waals surface area contributed by atoms with Gasteiger partial charge in [-0.25, -0.2) is 17.6 Å². The number of cyclic esters (lactones) is 1. The summed E-state index contributed by atoms with van der Waals surface area (Å²) in [5.41, 5.74) is 5.77. The fourth-order valence-electron chi connectivity index (χ4n) is 2.74. The molecule has 2 aromatic rings. The van der Waals surface area contributed by atoms with Gasteiger partial charge in [-0.15, -0.1) is 0 Å². The molecule has 1 saturated heterocycles. The first-order valence-electron chi connectivity index (χ1n) is 8.56. The van der Waals surface area contributed by atoms with Crippen LogP contribution in [0.2, 0.25) is 0 Å². The molecular formula is C18H19FN4O5S. The zero-order valence-electron chi connectivity index (χ0n) is 15.4. The fourth-order valence-corrected chi connectivity index (χ4v) is 3.86. The SMILES string of the molecule is CC(=O)NC[C@H]1CN(c2ccc(NS(=O)(=O)c3cccc(N)c3)c(F)c2)C(=O)O1. The van der Waals surface area contributed by atoms with Crippen LogP contribution >= 0.6 is 0 Å².